The molecular formula is C14H14O4. The van der Waals surface area contributed by atoms with Crippen molar-refractivity contribution in [3.63, 3.8) is 0 Å². The number of benzene rings is 1. The van der Waals surface area contributed by atoms with Crippen LogP contribution in [0.4, 0.5) is 0 Å². The molecule has 94 valence electrons. The zero-order chi connectivity index (χ0) is 13.1. The third-order valence-electron chi connectivity index (χ3n) is 2.72. The van der Waals surface area contributed by atoms with Crippen LogP contribution in [0.3, 0.4) is 0 Å². The van der Waals surface area contributed by atoms with Gasteiger partial charge in [0.1, 0.15) is 5.58 Å². The first-order chi connectivity index (χ1) is 8.67. The average Bonchev–Trinajstić information content (AvgIpc) is 2.37. The molecule has 0 fully saturated rings. The lowest BCUT2D eigenvalue weighted by Gasteiger charge is -2.05. The fourth-order valence-electron chi connectivity index (χ4n) is 1.73. The molecule has 0 atom stereocenters. The van der Waals surface area contributed by atoms with Gasteiger partial charge in [0.2, 0.25) is 0 Å². The molecule has 0 aliphatic heterocycles. The first kappa shape index (κ1) is 12.2. The monoisotopic (exact) mass is 246 g/mol. The quantitative estimate of drug-likeness (QED) is 0.846. The van der Waals surface area contributed by atoms with E-state index in [9.17, 15) is 9.90 Å². The number of phenolic OH excluding ortho intramolecular Hbond substituents is 1. The Kier molecular flexibility index (Phi) is 3.37. The van der Waals surface area contributed by atoms with Crippen LogP contribution in [0.25, 0.3) is 11.0 Å². The number of ether oxygens (including phenoxy) is 1. The summed E-state index contributed by atoms with van der Waals surface area (Å²) >= 11 is 0. The van der Waals surface area contributed by atoms with E-state index in [4.69, 9.17) is 9.15 Å². The Morgan fingerprint density at radius 2 is 2.22 bits per heavy atom. The first-order valence-electron chi connectivity index (χ1n) is 5.60. The lowest BCUT2D eigenvalue weighted by atomic mass is 10.1. The summed E-state index contributed by atoms with van der Waals surface area (Å²) in [7, 11) is 1.44. The molecule has 4 heteroatoms. The molecule has 0 spiro atoms. The van der Waals surface area contributed by atoms with Gasteiger partial charge >= 0.3 is 0 Å². The number of methoxy groups -OCH3 is 1. The van der Waals surface area contributed by atoms with E-state index in [1.54, 1.807) is 0 Å². The second kappa shape index (κ2) is 4.96. The fraction of sp³-hybridized carbons (Fsp3) is 0.214. The van der Waals surface area contributed by atoms with Crippen LogP contribution in [0.5, 0.6) is 11.5 Å². The predicted octanol–water partition coefficient (Wildman–Crippen LogP) is 2.63. The number of hydrogen-bond donors (Lipinski definition) is 1. The second-order valence-electron chi connectivity index (χ2n) is 3.88. The van der Waals surface area contributed by atoms with Crippen LogP contribution < -0.4 is 10.2 Å². The number of hydrogen-bond acceptors (Lipinski definition) is 4. The number of fused-ring (bicyclic) bond motifs is 1. The first-order valence-corrected chi connectivity index (χ1v) is 5.60. The van der Waals surface area contributed by atoms with Crippen LogP contribution in [-0.4, -0.2) is 12.2 Å². The molecule has 1 N–H and O–H groups in total. The topological polar surface area (TPSA) is 59.7 Å². The van der Waals surface area contributed by atoms with Gasteiger partial charge in [-0.2, -0.15) is 0 Å². The molecule has 0 bridgehead atoms. The summed E-state index contributed by atoms with van der Waals surface area (Å²) in [4.78, 5) is 12.2. The summed E-state index contributed by atoms with van der Waals surface area (Å²) in [5, 5.41) is 10.0. The van der Waals surface area contributed by atoms with Gasteiger partial charge in [0.05, 0.1) is 18.8 Å². The van der Waals surface area contributed by atoms with Crippen LogP contribution in [0, 0.1) is 0 Å². The molecule has 0 radical (unpaired) electrons. The number of allylic oxidation sites excluding steroid dienone is 2. The summed E-state index contributed by atoms with van der Waals surface area (Å²) < 4.78 is 10.3. The largest absolute Gasteiger partial charge is 0.504 e. The standard InChI is InChI=1S/C14H14O4/c1-3-4-5-9-8-18-12-7-11(15)13(17-2)6-10(12)14(9)16/h3-4,6-8,15H,5H2,1-2H3/b4-3+. The van der Waals surface area contributed by atoms with Gasteiger partial charge in [-0.1, -0.05) is 12.2 Å². The van der Waals surface area contributed by atoms with Crippen molar-refractivity contribution < 1.29 is 14.3 Å². The Bertz CT molecular complexity index is 653. The van der Waals surface area contributed by atoms with Crippen molar-refractivity contribution in [2.45, 2.75) is 13.3 Å². The average molecular weight is 246 g/mol. The number of phenols is 1. The Morgan fingerprint density at radius 1 is 1.44 bits per heavy atom. The maximum absolute atomic E-state index is 12.2. The Hall–Kier alpha value is -2.23. The fourth-order valence-corrected chi connectivity index (χ4v) is 1.73. The maximum Gasteiger partial charge on any atom is 0.196 e. The highest BCUT2D eigenvalue weighted by Gasteiger charge is 2.10. The van der Waals surface area contributed by atoms with Gasteiger partial charge < -0.3 is 14.3 Å². The van der Waals surface area contributed by atoms with Crippen molar-refractivity contribution in [1.29, 1.82) is 0 Å². The third-order valence-corrected chi connectivity index (χ3v) is 2.72. The Morgan fingerprint density at radius 3 is 2.89 bits per heavy atom. The van der Waals surface area contributed by atoms with Crippen molar-refractivity contribution in [2.24, 2.45) is 0 Å². The molecule has 18 heavy (non-hydrogen) atoms. The van der Waals surface area contributed by atoms with Crippen molar-refractivity contribution in [2.75, 3.05) is 7.11 Å². The predicted molar refractivity (Wildman–Crippen MR) is 69.2 cm³/mol. The van der Waals surface area contributed by atoms with E-state index in [0.29, 0.717) is 23.0 Å². The molecule has 0 amide bonds. The van der Waals surface area contributed by atoms with Gasteiger partial charge in [-0.15, -0.1) is 0 Å². The van der Waals surface area contributed by atoms with Crippen molar-refractivity contribution in [3.05, 3.63) is 46.3 Å². The molecule has 2 rings (SSSR count). The van der Waals surface area contributed by atoms with E-state index < -0.39 is 0 Å². The SMILES string of the molecule is C/C=C/Cc1coc2cc(O)c(OC)cc2c1=O. The molecule has 1 aromatic carbocycles. The molecule has 2 aromatic rings. The van der Waals surface area contributed by atoms with E-state index >= 15 is 0 Å². The maximum atomic E-state index is 12.2. The third kappa shape index (κ3) is 2.09. The van der Waals surface area contributed by atoms with Crippen molar-refractivity contribution >= 4 is 11.0 Å². The van der Waals surface area contributed by atoms with Gasteiger partial charge in [-0.05, 0) is 19.4 Å². The van der Waals surface area contributed by atoms with Crippen LogP contribution >= 0.6 is 0 Å². The summed E-state index contributed by atoms with van der Waals surface area (Å²) in [5.41, 5.74) is 0.823. The van der Waals surface area contributed by atoms with E-state index in [-0.39, 0.29) is 16.9 Å². The van der Waals surface area contributed by atoms with Crippen molar-refractivity contribution in [3.8, 4) is 11.5 Å². The molecule has 4 nitrogen and oxygen atoms in total. The molecule has 0 unspecified atom stereocenters. The minimum absolute atomic E-state index is 0.0469. The highest BCUT2D eigenvalue weighted by Crippen LogP contribution is 2.29. The van der Waals surface area contributed by atoms with Gasteiger partial charge in [-0.3, -0.25) is 4.79 Å². The highest BCUT2D eigenvalue weighted by atomic mass is 16.5. The smallest absolute Gasteiger partial charge is 0.196 e. The Labute approximate surface area is 104 Å². The van der Waals surface area contributed by atoms with Crippen molar-refractivity contribution in [1.82, 2.24) is 0 Å². The summed E-state index contributed by atoms with van der Waals surface area (Å²) in [6.07, 6.45) is 5.71. The molecule has 0 saturated heterocycles. The second-order valence-corrected chi connectivity index (χ2v) is 3.88. The molecule has 0 saturated carbocycles. The minimum Gasteiger partial charge on any atom is -0.504 e. The van der Waals surface area contributed by atoms with Crippen LogP contribution in [0.1, 0.15) is 12.5 Å². The zero-order valence-corrected chi connectivity index (χ0v) is 10.3. The molecule has 0 aliphatic rings. The molecular weight excluding hydrogens is 232 g/mol. The van der Waals surface area contributed by atoms with Gasteiger partial charge in [-0.25, -0.2) is 0 Å². The molecule has 1 aromatic heterocycles. The molecule has 1 heterocycles. The van der Waals surface area contributed by atoms with Crippen LogP contribution in [0.15, 0.2) is 39.8 Å². The van der Waals surface area contributed by atoms with E-state index in [1.165, 1.54) is 25.5 Å². The van der Waals surface area contributed by atoms with Gasteiger partial charge in [0, 0.05) is 11.6 Å². The van der Waals surface area contributed by atoms with E-state index in [0.717, 1.165) is 0 Å². The van der Waals surface area contributed by atoms with Gasteiger partial charge in [0.25, 0.3) is 0 Å². The zero-order valence-electron chi connectivity index (χ0n) is 10.3. The van der Waals surface area contributed by atoms with E-state index in [2.05, 4.69) is 0 Å². The summed E-state index contributed by atoms with van der Waals surface area (Å²) in [6.45, 7) is 1.89. The minimum atomic E-state index is -0.104. The van der Waals surface area contributed by atoms with Crippen LogP contribution in [-0.2, 0) is 6.42 Å². The molecule has 0 aliphatic carbocycles. The number of aromatic hydroxyl groups is 1. The van der Waals surface area contributed by atoms with Crippen LogP contribution in [0.2, 0.25) is 0 Å². The highest BCUT2D eigenvalue weighted by molar-refractivity contribution is 5.81. The summed E-state index contributed by atoms with van der Waals surface area (Å²) in [6, 6.07) is 2.88. The normalized spacial score (nSPS) is 11.2. The van der Waals surface area contributed by atoms with E-state index in [1.807, 2.05) is 19.1 Å². The summed E-state index contributed by atoms with van der Waals surface area (Å²) in [5.74, 6) is 0.215. The Balaban J connectivity index is 2.65. The lowest BCUT2D eigenvalue weighted by Crippen LogP contribution is -2.08. The lowest BCUT2D eigenvalue weighted by molar-refractivity contribution is 0.373. The van der Waals surface area contributed by atoms with Gasteiger partial charge in [0.15, 0.2) is 16.9 Å². The number of rotatable bonds is 3.